The molecule has 2 N–H and O–H groups in total. The Morgan fingerprint density at radius 2 is 1.51 bits per heavy atom. The molecule has 0 spiro atoms. The lowest BCUT2D eigenvalue weighted by Gasteiger charge is -2.37. The zero-order chi connectivity index (χ0) is 30.6. The highest BCUT2D eigenvalue weighted by Gasteiger charge is 2.47. The minimum atomic E-state index is -1.40. The maximum atomic E-state index is 12.6. The van der Waals surface area contributed by atoms with Crippen molar-refractivity contribution in [2.45, 2.75) is 37.0 Å². The number of azide groups is 1. The van der Waals surface area contributed by atoms with Crippen LogP contribution in [0.5, 0.6) is 11.5 Å². The molecule has 1 aliphatic heterocycles. The third-order valence-electron chi connectivity index (χ3n) is 7.58. The summed E-state index contributed by atoms with van der Waals surface area (Å²) in [4.78, 5) is 29.7. The van der Waals surface area contributed by atoms with Crippen molar-refractivity contribution < 1.29 is 24.1 Å². The van der Waals surface area contributed by atoms with Crippen LogP contribution in [0.4, 0.5) is 0 Å². The van der Waals surface area contributed by atoms with Gasteiger partial charge in [0, 0.05) is 16.7 Å². The molecule has 0 amide bonds. The normalized spacial score (nSPS) is 19.9. The Morgan fingerprint density at radius 3 is 2.05 bits per heavy atom. The van der Waals surface area contributed by atoms with Crippen molar-refractivity contribution >= 4 is 0 Å². The molecule has 0 bridgehead atoms. The van der Waals surface area contributed by atoms with Gasteiger partial charge in [0.1, 0.15) is 23.2 Å². The fourth-order valence-corrected chi connectivity index (χ4v) is 5.36. The summed E-state index contributed by atoms with van der Waals surface area (Å²) in [7, 11) is 3.17. The predicted molar refractivity (Wildman–Crippen MR) is 157 cm³/mol. The molecule has 12 nitrogen and oxygen atoms in total. The van der Waals surface area contributed by atoms with Gasteiger partial charge in [0.15, 0.2) is 6.23 Å². The van der Waals surface area contributed by atoms with E-state index in [4.69, 9.17) is 18.9 Å². The van der Waals surface area contributed by atoms with Gasteiger partial charge < -0.3 is 24.1 Å². The number of H-pyrrole nitrogens is 1. The van der Waals surface area contributed by atoms with E-state index in [2.05, 4.69) is 15.0 Å². The average Bonchev–Trinajstić information content (AvgIpc) is 3.34. The van der Waals surface area contributed by atoms with Gasteiger partial charge in [-0.25, -0.2) is 4.79 Å². The summed E-state index contributed by atoms with van der Waals surface area (Å²) in [6.45, 7) is 1.38. The van der Waals surface area contributed by atoms with Crippen molar-refractivity contribution in [1.82, 2.24) is 9.55 Å². The van der Waals surface area contributed by atoms with Crippen molar-refractivity contribution in [2.75, 3.05) is 20.8 Å². The smallest absolute Gasteiger partial charge is 0.330 e. The number of nitrogens with one attached hydrogen (secondary N) is 1. The largest absolute Gasteiger partial charge is 0.497 e. The van der Waals surface area contributed by atoms with E-state index in [0.29, 0.717) is 11.5 Å². The highest BCUT2D eigenvalue weighted by Crippen LogP contribution is 2.43. The fraction of sp³-hybridized carbons (Fsp3) is 0.290. The number of hydrogen-bond donors (Lipinski definition) is 2. The molecule has 3 aromatic carbocycles. The van der Waals surface area contributed by atoms with E-state index in [-0.39, 0.29) is 12.2 Å². The summed E-state index contributed by atoms with van der Waals surface area (Å²) in [6, 6.07) is 23.4. The summed E-state index contributed by atoms with van der Waals surface area (Å²) in [5, 5.41) is 15.0. The van der Waals surface area contributed by atoms with Gasteiger partial charge in [-0.3, -0.25) is 14.3 Å². The van der Waals surface area contributed by atoms with Crippen molar-refractivity contribution in [3.05, 3.63) is 139 Å². The first-order chi connectivity index (χ1) is 20.8. The summed E-state index contributed by atoms with van der Waals surface area (Å²) < 4.78 is 24.9. The van der Waals surface area contributed by atoms with Gasteiger partial charge >= 0.3 is 5.69 Å². The molecule has 4 aromatic rings. The first-order valence-electron chi connectivity index (χ1n) is 13.5. The average molecular weight is 586 g/mol. The molecule has 1 aromatic heterocycles. The van der Waals surface area contributed by atoms with Gasteiger partial charge in [-0.15, -0.1) is 0 Å². The van der Waals surface area contributed by atoms with Crippen LogP contribution in [0, 0.1) is 6.92 Å². The minimum Gasteiger partial charge on any atom is -0.497 e. The number of aliphatic hydroxyl groups excluding tert-OH is 1. The Hall–Kier alpha value is -4.87. The number of methoxy groups -OCH3 is 2. The third kappa shape index (κ3) is 5.64. The molecule has 1 saturated heterocycles. The molecule has 43 heavy (non-hydrogen) atoms. The van der Waals surface area contributed by atoms with Crippen molar-refractivity contribution in [1.29, 1.82) is 0 Å². The SMILES string of the molecule is COc1ccc(C(OC[C@H]2O[C@@H](n3cc(C)c(=O)[nH]c3=O)[C@H](O)[C@@H]2N=[N+]=[N-])(c2ccccc2)c2ccc(OC)cc2)cc1. The minimum absolute atomic E-state index is 0.152. The number of aromatic nitrogens is 2. The second-order valence-corrected chi connectivity index (χ2v) is 10.0. The monoisotopic (exact) mass is 585 g/mol. The summed E-state index contributed by atoms with van der Waals surface area (Å²) >= 11 is 0. The van der Waals surface area contributed by atoms with Crippen molar-refractivity contribution in [3.8, 4) is 11.5 Å². The number of aromatic amines is 1. The second kappa shape index (κ2) is 12.6. The molecule has 0 saturated carbocycles. The van der Waals surface area contributed by atoms with E-state index in [1.807, 2.05) is 78.9 Å². The lowest BCUT2D eigenvalue weighted by atomic mass is 9.80. The number of rotatable bonds is 10. The molecule has 222 valence electrons. The van der Waals surface area contributed by atoms with Crippen LogP contribution >= 0.6 is 0 Å². The standard InChI is InChI=1S/C31H31N5O7/c1-19-17-36(30(39)33-28(19)38)29-27(37)26(34-35-32)25(43-29)18-42-31(20-7-5-4-6-8-20,21-9-13-23(40-2)14-10-21)22-11-15-24(41-3)16-12-22/h4-17,25-27,29,37H,18H2,1-3H3,(H,33,38,39)/t25-,26-,27-,29-/m1/s1. The second-order valence-electron chi connectivity index (χ2n) is 10.0. The Labute approximate surface area is 246 Å². The molecule has 1 fully saturated rings. The molecule has 4 atom stereocenters. The Morgan fingerprint density at radius 1 is 0.953 bits per heavy atom. The topological polar surface area (TPSA) is 161 Å². The Balaban J connectivity index is 1.60. The number of aryl methyl sites for hydroxylation is 1. The quantitative estimate of drug-likeness (QED) is 0.124. The first-order valence-corrected chi connectivity index (χ1v) is 13.5. The van der Waals surface area contributed by atoms with E-state index in [1.165, 1.54) is 13.1 Å². The fourth-order valence-electron chi connectivity index (χ4n) is 5.36. The molecular weight excluding hydrogens is 554 g/mol. The lowest BCUT2D eigenvalue weighted by molar-refractivity contribution is -0.0884. The maximum absolute atomic E-state index is 12.6. The molecular formula is C31H31N5O7. The van der Waals surface area contributed by atoms with Crippen LogP contribution in [0.15, 0.2) is 99.8 Å². The van der Waals surface area contributed by atoms with Gasteiger partial charge in [0.2, 0.25) is 0 Å². The Bertz CT molecular complexity index is 1670. The predicted octanol–water partition coefficient (Wildman–Crippen LogP) is 3.81. The van der Waals surface area contributed by atoms with Crippen LogP contribution in [-0.2, 0) is 15.1 Å². The van der Waals surface area contributed by atoms with Crippen LogP contribution < -0.4 is 20.7 Å². The van der Waals surface area contributed by atoms with Crippen LogP contribution in [0.2, 0.25) is 0 Å². The van der Waals surface area contributed by atoms with Crippen LogP contribution in [0.1, 0.15) is 28.5 Å². The lowest BCUT2D eigenvalue weighted by Crippen LogP contribution is -2.39. The molecule has 1 aliphatic rings. The van der Waals surface area contributed by atoms with Crippen LogP contribution in [0.3, 0.4) is 0 Å². The van der Waals surface area contributed by atoms with E-state index < -0.39 is 41.3 Å². The number of nitrogens with zero attached hydrogens (tertiary/aromatic N) is 4. The summed E-state index contributed by atoms with van der Waals surface area (Å²) in [5.74, 6) is 1.33. The molecule has 0 radical (unpaired) electrons. The number of hydrogen-bond acceptors (Lipinski definition) is 8. The van der Waals surface area contributed by atoms with E-state index in [9.17, 15) is 20.2 Å². The van der Waals surface area contributed by atoms with Gasteiger partial charge in [0.05, 0.1) is 33.0 Å². The molecule has 0 aliphatic carbocycles. The van der Waals surface area contributed by atoms with Crippen molar-refractivity contribution in [3.63, 3.8) is 0 Å². The maximum Gasteiger partial charge on any atom is 0.330 e. The molecule has 12 heteroatoms. The third-order valence-corrected chi connectivity index (χ3v) is 7.58. The Kier molecular flexibility index (Phi) is 8.65. The number of ether oxygens (including phenoxy) is 4. The number of benzene rings is 3. The molecule has 2 heterocycles. The van der Waals surface area contributed by atoms with Crippen molar-refractivity contribution in [2.24, 2.45) is 5.11 Å². The van der Waals surface area contributed by atoms with Crippen LogP contribution in [0.25, 0.3) is 10.4 Å². The van der Waals surface area contributed by atoms with E-state index in [0.717, 1.165) is 21.3 Å². The van der Waals surface area contributed by atoms with Gasteiger partial charge in [-0.05, 0) is 53.4 Å². The van der Waals surface area contributed by atoms with Gasteiger partial charge in [0.25, 0.3) is 5.56 Å². The highest BCUT2D eigenvalue weighted by atomic mass is 16.6. The summed E-state index contributed by atoms with van der Waals surface area (Å²) in [5.41, 5.74) is 9.40. The zero-order valence-corrected chi connectivity index (χ0v) is 23.8. The first kappa shape index (κ1) is 29.6. The van der Waals surface area contributed by atoms with E-state index >= 15 is 0 Å². The highest BCUT2D eigenvalue weighted by molar-refractivity contribution is 5.49. The summed E-state index contributed by atoms with van der Waals surface area (Å²) in [6.07, 6.45) is -2.30. The number of aliphatic hydroxyl groups is 1. The molecule has 5 rings (SSSR count). The van der Waals surface area contributed by atoms with Gasteiger partial charge in [-0.2, -0.15) is 0 Å². The van der Waals surface area contributed by atoms with Gasteiger partial charge in [-0.1, -0.05) is 59.7 Å². The van der Waals surface area contributed by atoms with Crippen LogP contribution in [-0.4, -0.2) is 53.7 Å². The van der Waals surface area contributed by atoms with E-state index in [1.54, 1.807) is 14.2 Å². The molecule has 0 unspecified atom stereocenters. The zero-order valence-electron chi connectivity index (χ0n) is 23.8.